The van der Waals surface area contributed by atoms with Crippen molar-refractivity contribution in [2.75, 3.05) is 20.2 Å². The average Bonchev–Trinajstić information content (AvgIpc) is 3.34. The summed E-state index contributed by atoms with van der Waals surface area (Å²) in [5, 5.41) is 0. The number of hydrogen-bond acceptors (Lipinski definition) is 4. The van der Waals surface area contributed by atoms with Gasteiger partial charge in [-0.3, -0.25) is 4.79 Å². The molecule has 4 aromatic rings. The van der Waals surface area contributed by atoms with Gasteiger partial charge in [-0.05, 0) is 55.6 Å². The first-order valence-electron chi connectivity index (χ1n) is 13.2. The molecule has 6 nitrogen and oxygen atoms in total. The van der Waals surface area contributed by atoms with Crippen LogP contribution in [-0.2, 0) is 6.54 Å². The fraction of sp³-hybridized carbons (Fsp3) is 0.312. The molecule has 0 saturated heterocycles. The van der Waals surface area contributed by atoms with Gasteiger partial charge >= 0.3 is 0 Å². The summed E-state index contributed by atoms with van der Waals surface area (Å²) >= 11 is 0. The molecule has 1 unspecified atom stereocenters. The van der Waals surface area contributed by atoms with Crippen molar-refractivity contribution in [3.05, 3.63) is 108 Å². The number of carbonyl (C=O) groups is 1. The molecule has 0 aliphatic rings. The maximum atomic E-state index is 13.9. The molecule has 6 heteroatoms. The lowest BCUT2D eigenvalue weighted by Gasteiger charge is -2.34. The Hall–Kier alpha value is -3.90. The Bertz CT molecular complexity index is 1330. The van der Waals surface area contributed by atoms with Gasteiger partial charge in [-0.15, -0.1) is 0 Å². The van der Waals surface area contributed by atoms with E-state index < -0.39 is 0 Å². The van der Waals surface area contributed by atoms with Crippen molar-refractivity contribution in [1.82, 2.24) is 14.5 Å². The third-order valence-electron chi connectivity index (χ3n) is 6.76. The van der Waals surface area contributed by atoms with E-state index >= 15 is 0 Å². The van der Waals surface area contributed by atoms with E-state index in [1.807, 2.05) is 78.6 Å². The summed E-state index contributed by atoms with van der Waals surface area (Å²) < 4.78 is 7.65. The number of aromatic nitrogens is 2. The Balaban J connectivity index is 1.83. The molecule has 0 spiro atoms. The standard InChI is InChI=1S/C32H38N4O2/c1-23(2)30(36(19-9-18-33)32(37)26-16-14-24(3)15-17-26)31-34-29(27-12-8-13-28(20-27)38-4)22-35(31)21-25-10-6-5-7-11-25/h5-8,10-17,20,22-23,30H,9,18-19,21,33H2,1-4H3. The Labute approximate surface area is 226 Å². The lowest BCUT2D eigenvalue weighted by atomic mass is 9.99. The van der Waals surface area contributed by atoms with Crippen LogP contribution in [0, 0.1) is 12.8 Å². The van der Waals surface area contributed by atoms with Crippen LogP contribution in [0.5, 0.6) is 5.75 Å². The van der Waals surface area contributed by atoms with Crippen LogP contribution in [0.25, 0.3) is 11.3 Å². The number of rotatable bonds is 11. The van der Waals surface area contributed by atoms with Crippen LogP contribution in [0.1, 0.15) is 53.6 Å². The first-order chi connectivity index (χ1) is 18.4. The smallest absolute Gasteiger partial charge is 0.254 e. The van der Waals surface area contributed by atoms with Crippen LogP contribution >= 0.6 is 0 Å². The second kappa shape index (κ2) is 12.6. The highest BCUT2D eigenvalue weighted by molar-refractivity contribution is 5.94. The maximum Gasteiger partial charge on any atom is 0.254 e. The topological polar surface area (TPSA) is 73.4 Å². The number of aryl methyl sites for hydroxylation is 1. The average molecular weight is 511 g/mol. The number of carbonyl (C=O) groups excluding carboxylic acids is 1. The molecular formula is C32H38N4O2. The number of amides is 1. The van der Waals surface area contributed by atoms with Crippen LogP contribution in [0.3, 0.4) is 0 Å². The van der Waals surface area contributed by atoms with Crippen molar-refractivity contribution < 1.29 is 9.53 Å². The van der Waals surface area contributed by atoms with Crippen molar-refractivity contribution in [3.63, 3.8) is 0 Å². The molecule has 0 bridgehead atoms. The molecule has 2 N–H and O–H groups in total. The van der Waals surface area contributed by atoms with E-state index in [2.05, 4.69) is 36.7 Å². The molecule has 1 aromatic heterocycles. The normalized spacial score (nSPS) is 11.9. The van der Waals surface area contributed by atoms with E-state index in [0.29, 0.717) is 31.6 Å². The first-order valence-corrected chi connectivity index (χ1v) is 13.2. The van der Waals surface area contributed by atoms with Crippen molar-refractivity contribution >= 4 is 5.91 Å². The van der Waals surface area contributed by atoms with Crippen LogP contribution < -0.4 is 10.5 Å². The second-order valence-electron chi connectivity index (χ2n) is 10.0. The van der Waals surface area contributed by atoms with Crippen LogP contribution in [0.4, 0.5) is 0 Å². The molecule has 1 heterocycles. The zero-order valence-corrected chi connectivity index (χ0v) is 22.8. The summed E-state index contributed by atoms with van der Waals surface area (Å²) in [5.41, 5.74) is 10.7. The molecule has 198 valence electrons. The monoisotopic (exact) mass is 510 g/mol. The van der Waals surface area contributed by atoms with Gasteiger partial charge in [-0.25, -0.2) is 4.98 Å². The summed E-state index contributed by atoms with van der Waals surface area (Å²) in [6.45, 7) is 8.04. The maximum absolute atomic E-state index is 13.9. The predicted octanol–water partition coefficient (Wildman–Crippen LogP) is 6.10. The fourth-order valence-electron chi connectivity index (χ4n) is 4.78. The van der Waals surface area contributed by atoms with E-state index in [4.69, 9.17) is 15.5 Å². The van der Waals surface area contributed by atoms with Crippen LogP contribution in [-0.4, -0.2) is 40.6 Å². The Kier molecular flexibility index (Phi) is 8.98. The predicted molar refractivity (Wildman–Crippen MR) is 153 cm³/mol. The van der Waals surface area contributed by atoms with E-state index in [1.165, 1.54) is 5.56 Å². The lowest BCUT2D eigenvalue weighted by molar-refractivity contribution is 0.0604. The largest absolute Gasteiger partial charge is 0.497 e. The molecule has 0 aliphatic heterocycles. The number of imidazole rings is 1. The fourth-order valence-corrected chi connectivity index (χ4v) is 4.78. The number of hydrogen-bond donors (Lipinski definition) is 1. The van der Waals surface area contributed by atoms with Gasteiger partial charge < -0.3 is 19.9 Å². The minimum absolute atomic E-state index is 0.00524. The van der Waals surface area contributed by atoms with E-state index in [-0.39, 0.29) is 17.9 Å². The van der Waals surface area contributed by atoms with Gasteiger partial charge in [0.2, 0.25) is 0 Å². The van der Waals surface area contributed by atoms with Gasteiger partial charge in [0, 0.05) is 30.4 Å². The summed E-state index contributed by atoms with van der Waals surface area (Å²) in [7, 11) is 1.67. The summed E-state index contributed by atoms with van der Waals surface area (Å²) in [5.74, 6) is 1.76. The van der Waals surface area contributed by atoms with Gasteiger partial charge in [0.25, 0.3) is 5.91 Å². The lowest BCUT2D eigenvalue weighted by Crippen LogP contribution is -2.40. The highest BCUT2D eigenvalue weighted by Gasteiger charge is 2.32. The van der Waals surface area contributed by atoms with Crippen molar-refractivity contribution in [1.29, 1.82) is 0 Å². The second-order valence-corrected chi connectivity index (χ2v) is 10.0. The molecule has 0 aliphatic carbocycles. The molecule has 1 atom stereocenters. The zero-order chi connectivity index (χ0) is 27.1. The van der Waals surface area contributed by atoms with Crippen molar-refractivity contribution in [2.45, 2.75) is 39.8 Å². The quantitative estimate of drug-likeness (QED) is 0.264. The molecule has 4 rings (SSSR count). The minimum atomic E-state index is -0.238. The van der Waals surface area contributed by atoms with E-state index in [1.54, 1.807) is 7.11 Å². The number of methoxy groups -OCH3 is 1. The molecule has 3 aromatic carbocycles. The molecule has 0 saturated carbocycles. The Morgan fingerprint density at radius 3 is 2.42 bits per heavy atom. The highest BCUT2D eigenvalue weighted by atomic mass is 16.5. The zero-order valence-electron chi connectivity index (χ0n) is 22.8. The third kappa shape index (κ3) is 6.32. The minimum Gasteiger partial charge on any atom is -0.497 e. The molecule has 0 radical (unpaired) electrons. The highest BCUT2D eigenvalue weighted by Crippen LogP contribution is 2.33. The van der Waals surface area contributed by atoms with Crippen LogP contribution in [0.2, 0.25) is 0 Å². The van der Waals surface area contributed by atoms with Gasteiger partial charge in [0.05, 0.1) is 18.8 Å². The first kappa shape index (κ1) is 27.1. The Morgan fingerprint density at radius 2 is 1.76 bits per heavy atom. The van der Waals surface area contributed by atoms with Crippen LogP contribution in [0.15, 0.2) is 85.1 Å². The van der Waals surface area contributed by atoms with E-state index in [9.17, 15) is 4.79 Å². The molecule has 0 fully saturated rings. The Morgan fingerprint density at radius 1 is 1.03 bits per heavy atom. The van der Waals surface area contributed by atoms with Gasteiger partial charge in [0.1, 0.15) is 11.6 Å². The van der Waals surface area contributed by atoms with E-state index in [0.717, 1.165) is 28.4 Å². The molecule has 38 heavy (non-hydrogen) atoms. The van der Waals surface area contributed by atoms with Gasteiger partial charge in [-0.2, -0.15) is 0 Å². The summed E-state index contributed by atoms with van der Waals surface area (Å²) in [4.78, 5) is 21.1. The number of nitrogens with zero attached hydrogens (tertiary/aromatic N) is 3. The third-order valence-corrected chi connectivity index (χ3v) is 6.76. The summed E-state index contributed by atoms with van der Waals surface area (Å²) in [6.07, 6.45) is 2.80. The van der Waals surface area contributed by atoms with Crippen molar-refractivity contribution in [3.8, 4) is 17.0 Å². The number of ether oxygens (including phenoxy) is 1. The SMILES string of the molecule is COc1cccc(-c2cn(Cc3ccccc3)c(C(C(C)C)N(CCCN)C(=O)c3ccc(C)cc3)n2)c1. The number of nitrogens with two attached hydrogens (primary N) is 1. The van der Waals surface area contributed by atoms with Gasteiger partial charge in [0.15, 0.2) is 0 Å². The number of benzene rings is 3. The summed E-state index contributed by atoms with van der Waals surface area (Å²) in [6, 6.07) is 25.8. The molecular weight excluding hydrogens is 472 g/mol. The van der Waals surface area contributed by atoms with Crippen molar-refractivity contribution in [2.24, 2.45) is 11.7 Å². The van der Waals surface area contributed by atoms with Gasteiger partial charge in [-0.1, -0.05) is 74.0 Å². The molecule has 1 amide bonds.